The fourth-order valence-electron chi connectivity index (χ4n) is 3.53. The minimum Gasteiger partial charge on any atom is -0.454 e. The van der Waals surface area contributed by atoms with Gasteiger partial charge in [0, 0.05) is 24.1 Å². The Morgan fingerprint density at radius 2 is 1.91 bits per heavy atom. The summed E-state index contributed by atoms with van der Waals surface area (Å²) < 4.78 is 16.1. The summed E-state index contributed by atoms with van der Waals surface area (Å²) in [6.45, 7) is 3.93. The number of benzene rings is 2. The third-order valence-corrected chi connectivity index (χ3v) is 5.49. The highest BCUT2D eigenvalue weighted by molar-refractivity contribution is 6.02. The first kappa shape index (κ1) is 20.7. The summed E-state index contributed by atoms with van der Waals surface area (Å²) in [5.74, 6) is 1.25. The van der Waals surface area contributed by atoms with Crippen molar-refractivity contribution in [2.45, 2.75) is 26.7 Å². The summed E-state index contributed by atoms with van der Waals surface area (Å²) in [6, 6.07) is 11.0. The van der Waals surface area contributed by atoms with Gasteiger partial charge in [0.05, 0.1) is 0 Å². The Bertz CT molecular complexity index is 1280. The number of fused-ring (bicyclic) bond motifs is 1. The van der Waals surface area contributed by atoms with E-state index in [1.54, 1.807) is 18.2 Å². The second kappa shape index (κ2) is 8.38. The number of hydrazone groups is 1. The van der Waals surface area contributed by atoms with Gasteiger partial charge in [-0.15, -0.1) is 0 Å². The van der Waals surface area contributed by atoms with Gasteiger partial charge in [-0.3, -0.25) is 9.59 Å². The molecular formula is C23H21N5O5. The molecule has 2 aliphatic heterocycles. The molecule has 10 heteroatoms. The van der Waals surface area contributed by atoms with Crippen LogP contribution in [0.3, 0.4) is 0 Å². The van der Waals surface area contributed by atoms with Crippen molar-refractivity contribution in [1.29, 1.82) is 0 Å². The van der Waals surface area contributed by atoms with Crippen LogP contribution >= 0.6 is 0 Å². The molecule has 0 radical (unpaired) electrons. The topological polar surface area (TPSA) is 119 Å². The van der Waals surface area contributed by atoms with E-state index in [4.69, 9.17) is 14.0 Å². The van der Waals surface area contributed by atoms with Crippen LogP contribution in [0.4, 0.5) is 5.69 Å². The van der Waals surface area contributed by atoms with Gasteiger partial charge >= 0.3 is 0 Å². The maximum absolute atomic E-state index is 12.5. The van der Waals surface area contributed by atoms with Crippen LogP contribution in [0.25, 0.3) is 11.4 Å². The molecule has 0 saturated heterocycles. The van der Waals surface area contributed by atoms with Crippen molar-refractivity contribution in [2.24, 2.45) is 5.10 Å². The van der Waals surface area contributed by atoms with Gasteiger partial charge in [0.2, 0.25) is 24.4 Å². The van der Waals surface area contributed by atoms with E-state index in [0.29, 0.717) is 40.7 Å². The van der Waals surface area contributed by atoms with Crippen LogP contribution < -0.4 is 14.8 Å². The van der Waals surface area contributed by atoms with Crippen LogP contribution in [0.2, 0.25) is 0 Å². The van der Waals surface area contributed by atoms with Gasteiger partial charge in [0.15, 0.2) is 11.5 Å². The number of anilines is 1. The number of carbonyl (C=O) groups is 2. The zero-order valence-electron chi connectivity index (χ0n) is 18.1. The van der Waals surface area contributed by atoms with Crippen LogP contribution in [0.15, 0.2) is 46.0 Å². The Morgan fingerprint density at radius 3 is 2.76 bits per heavy atom. The summed E-state index contributed by atoms with van der Waals surface area (Å²) in [7, 11) is 0. The van der Waals surface area contributed by atoms with Crippen LogP contribution in [-0.4, -0.2) is 46.0 Å². The molecule has 2 aliphatic rings. The van der Waals surface area contributed by atoms with Crippen LogP contribution in [0.1, 0.15) is 29.9 Å². The fraction of sp³-hybridized carbons (Fsp3) is 0.261. The molecule has 1 aromatic heterocycles. The Morgan fingerprint density at radius 1 is 1.06 bits per heavy atom. The van der Waals surface area contributed by atoms with E-state index < -0.39 is 0 Å². The smallest absolute Gasteiger partial charge is 0.274 e. The number of nitrogens with one attached hydrogen (secondary N) is 1. The lowest BCUT2D eigenvalue weighted by atomic mass is 10.1. The Labute approximate surface area is 189 Å². The molecule has 168 valence electrons. The van der Waals surface area contributed by atoms with Crippen molar-refractivity contribution in [2.75, 3.05) is 18.7 Å². The molecule has 0 spiro atoms. The first-order chi connectivity index (χ1) is 16.0. The number of nitrogens with zero attached hydrogens (tertiary/aromatic N) is 4. The van der Waals surface area contributed by atoms with E-state index in [1.165, 1.54) is 0 Å². The zero-order valence-corrected chi connectivity index (χ0v) is 18.1. The van der Waals surface area contributed by atoms with E-state index in [0.717, 1.165) is 16.1 Å². The quantitative estimate of drug-likeness (QED) is 0.638. The van der Waals surface area contributed by atoms with E-state index in [2.05, 4.69) is 20.6 Å². The second-order valence-electron chi connectivity index (χ2n) is 7.84. The molecule has 5 rings (SSSR count). The Balaban J connectivity index is 1.30. The van der Waals surface area contributed by atoms with Crippen LogP contribution in [0, 0.1) is 13.8 Å². The number of aromatic nitrogens is 2. The molecule has 3 heterocycles. The molecule has 1 N–H and O–H groups in total. The predicted octanol–water partition coefficient (Wildman–Crippen LogP) is 3.05. The Kier molecular flexibility index (Phi) is 5.25. The molecule has 0 saturated carbocycles. The minimum absolute atomic E-state index is 0.175. The number of amides is 2. The van der Waals surface area contributed by atoms with Crippen molar-refractivity contribution in [3.63, 3.8) is 0 Å². The molecule has 33 heavy (non-hydrogen) atoms. The number of ether oxygens (including phenoxy) is 2. The largest absolute Gasteiger partial charge is 0.454 e. The number of carbonyl (C=O) groups excluding carboxylic acids is 2. The maximum Gasteiger partial charge on any atom is 0.274 e. The number of hydrogen-bond acceptors (Lipinski definition) is 8. The van der Waals surface area contributed by atoms with Crippen molar-refractivity contribution in [3.05, 3.63) is 53.4 Å². The highest BCUT2D eigenvalue weighted by Gasteiger charge is 2.27. The summed E-state index contributed by atoms with van der Waals surface area (Å²) in [6.07, 6.45) is 0.536. The summed E-state index contributed by atoms with van der Waals surface area (Å²) in [4.78, 5) is 29.2. The zero-order chi connectivity index (χ0) is 22.9. The molecule has 0 unspecified atom stereocenters. The fourth-order valence-corrected chi connectivity index (χ4v) is 3.53. The summed E-state index contributed by atoms with van der Waals surface area (Å²) >= 11 is 0. The molecule has 0 fully saturated rings. The first-order valence-electron chi connectivity index (χ1n) is 10.5. The van der Waals surface area contributed by atoms with Crippen LogP contribution in [0.5, 0.6) is 11.5 Å². The molecule has 10 nitrogen and oxygen atoms in total. The van der Waals surface area contributed by atoms with Crippen molar-refractivity contribution < 1.29 is 23.6 Å². The molecule has 0 aliphatic carbocycles. The molecular weight excluding hydrogens is 426 g/mol. The lowest BCUT2D eigenvalue weighted by molar-refractivity contribution is -0.135. The molecule has 2 aromatic carbocycles. The van der Waals surface area contributed by atoms with Crippen molar-refractivity contribution >= 4 is 23.2 Å². The monoisotopic (exact) mass is 447 g/mol. The average Bonchev–Trinajstić information content (AvgIpc) is 3.47. The minimum atomic E-state index is -0.344. The van der Waals surface area contributed by atoms with Gasteiger partial charge in [0.1, 0.15) is 12.3 Å². The summed E-state index contributed by atoms with van der Waals surface area (Å²) in [5.41, 5.74) is 4.02. The van der Waals surface area contributed by atoms with Gasteiger partial charge in [-0.1, -0.05) is 11.2 Å². The van der Waals surface area contributed by atoms with Gasteiger partial charge in [-0.25, -0.2) is 5.01 Å². The van der Waals surface area contributed by atoms with Gasteiger partial charge in [-0.2, -0.15) is 10.1 Å². The lowest BCUT2D eigenvalue weighted by Crippen LogP contribution is -2.38. The highest BCUT2D eigenvalue weighted by Crippen LogP contribution is 2.35. The average molecular weight is 447 g/mol. The molecule has 0 bridgehead atoms. The van der Waals surface area contributed by atoms with Crippen molar-refractivity contribution in [3.8, 4) is 22.9 Å². The Hall–Kier alpha value is -4.21. The highest BCUT2D eigenvalue weighted by atomic mass is 16.7. The molecule has 3 aromatic rings. The normalized spacial score (nSPS) is 14.9. The van der Waals surface area contributed by atoms with Crippen molar-refractivity contribution in [1.82, 2.24) is 15.1 Å². The van der Waals surface area contributed by atoms with Gasteiger partial charge < -0.3 is 19.3 Å². The number of aryl methyl sites for hydroxylation is 2. The second-order valence-corrected chi connectivity index (χ2v) is 7.84. The van der Waals surface area contributed by atoms with E-state index in [9.17, 15) is 9.59 Å². The standard InChI is InChI=1S/C23H21N5O5/c1-13-3-5-16(9-14(13)2)24-20(29)11-28-21(30)8-6-17(26-28)23-25-22(27-33-23)15-4-7-18-19(10-15)32-12-31-18/h3-5,7,9-10H,6,8,11-12H2,1-2H3,(H,24,29). The van der Waals surface area contributed by atoms with E-state index in [-0.39, 0.29) is 37.5 Å². The molecule has 0 atom stereocenters. The SMILES string of the molecule is Cc1ccc(NC(=O)CN2N=C(c3nc(-c4ccc5c(c4)OCO5)no3)CCC2=O)cc1C. The maximum atomic E-state index is 12.5. The van der Waals surface area contributed by atoms with Gasteiger partial charge in [-0.05, 0) is 55.3 Å². The number of hydrogen-bond donors (Lipinski definition) is 1. The third-order valence-electron chi connectivity index (χ3n) is 5.49. The van der Waals surface area contributed by atoms with E-state index >= 15 is 0 Å². The lowest BCUT2D eigenvalue weighted by Gasteiger charge is -2.21. The first-order valence-corrected chi connectivity index (χ1v) is 10.5. The van der Waals surface area contributed by atoms with Gasteiger partial charge in [0.25, 0.3) is 5.89 Å². The summed E-state index contributed by atoms with van der Waals surface area (Å²) in [5, 5.41) is 12.3. The van der Waals surface area contributed by atoms with E-state index in [1.807, 2.05) is 32.0 Å². The third kappa shape index (κ3) is 4.27. The molecule has 2 amide bonds. The predicted molar refractivity (Wildman–Crippen MR) is 118 cm³/mol. The number of rotatable bonds is 5. The van der Waals surface area contributed by atoms with Crippen LogP contribution in [-0.2, 0) is 9.59 Å².